The second kappa shape index (κ2) is 7.18. The van der Waals surface area contributed by atoms with Crippen molar-refractivity contribution in [3.63, 3.8) is 0 Å². The Bertz CT molecular complexity index is 681. The van der Waals surface area contributed by atoms with Crippen molar-refractivity contribution in [2.45, 2.75) is 37.5 Å². The van der Waals surface area contributed by atoms with Gasteiger partial charge in [-0.25, -0.2) is 4.39 Å². The Hall–Kier alpha value is -1.85. The first-order chi connectivity index (χ1) is 12.3. The van der Waals surface area contributed by atoms with Gasteiger partial charge >= 0.3 is 0 Å². The van der Waals surface area contributed by atoms with Gasteiger partial charge in [0.2, 0.25) is 0 Å². The number of rotatable bonds is 5. The molecule has 3 heterocycles. The van der Waals surface area contributed by atoms with Gasteiger partial charge in [0.05, 0.1) is 12.8 Å². The second-order valence-electron chi connectivity index (χ2n) is 7.07. The quantitative estimate of drug-likeness (QED) is 0.897. The van der Waals surface area contributed by atoms with Gasteiger partial charge in [-0.3, -0.25) is 0 Å². The summed E-state index contributed by atoms with van der Waals surface area (Å²) < 4.78 is 24.5. The smallest absolute Gasteiger partial charge is 0.124 e. The molecular weight excluding hydrogens is 319 g/mol. The Morgan fingerprint density at radius 3 is 2.76 bits per heavy atom. The average Bonchev–Trinajstić information content (AvgIpc) is 3.16. The molecule has 1 unspecified atom stereocenters. The van der Waals surface area contributed by atoms with E-state index in [0.29, 0.717) is 13.1 Å². The number of nitrogens with zero attached hydrogens (tertiary/aromatic N) is 1. The molecular formula is C20H25FN2O2. The van der Waals surface area contributed by atoms with E-state index in [1.54, 1.807) is 6.26 Å². The molecule has 1 fully saturated rings. The van der Waals surface area contributed by atoms with E-state index < -0.39 is 0 Å². The van der Waals surface area contributed by atoms with Crippen LogP contribution in [0, 0.1) is 0 Å². The van der Waals surface area contributed by atoms with E-state index in [0.717, 1.165) is 43.9 Å². The van der Waals surface area contributed by atoms with Gasteiger partial charge in [-0.05, 0) is 31.0 Å². The lowest BCUT2D eigenvalue weighted by atomic mass is 9.80. The number of benzene rings is 1. The van der Waals surface area contributed by atoms with E-state index in [1.807, 2.05) is 18.2 Å². The van der Waals surface area contributed by atoms with Crippen LogP contribution in [0.5, 0.6) is 5.75 Å². The first-order valence-electron chi connectivity index (χ1n) is 9.10. The molecule has 1 aromatic heterocycles. The molecule has 1 spiro atoms. The largest absolute Gasteiger partial charge is 0.487 e. The van der Waals surface area contributed by atoms with E-state index in [1.165, 1.54) is 5.56 Å². The number of ether oxygens (including phenoxy) is 1. The van der Waals surface area contributed by atoms with Crippen LogP contribution >= 0.6 is 0 Å². The molecule has 0 saturated carbocycles. The maximum absolute atomic E-state index is 12.6. The Balaban J connectivity index is 1.50. The highest BCUT2D eigenvalue weighted by molar-refractivity contribution is 5.39. The van der Waals surface area contributed by atoms with Crippen molar-refractivity contribution in [2.24, 2.45) is 0 Å². The van der Waals surface area contributed by atoms with Crippen molar-refractivity contribution in [2.75, 3.05) is 26.3 Å². The molecule has 1 atom stereocenters. The summed E-state index contributed by atoms with van der Waals surface area (Å²) in [5.74, 6) is 1.92. The number of alkyl halides is 1. The molecule has 4 nitrogen and oxygen atoms in total. The van der Waals surface area contributed by atoms with Gasteiger partial charge in [-0.15, -0.1) is 0 Å². The van der Waals surface area contributed by atoms with Crippen LogP contribution in [-0.4, -0.2) is 36.8 Å². The number of furan rings is 1. The first kappa shape index (κ1) is 16.6. The second-order valence-corrected chi connectivity index (χ2v) is 7.07. The molecule has 5 heteroatoms. The lowest BCUT2D eigenvalue weighted by molar-refractivity contribution is -0.0264. The van der Waals surface area contributed by atoms with Crippen LogP contribution in [0.15, 0.2) is 47.1 Å². The zero-order valence-corrected chi connectivity index (χ0v) is 14.4. The first-order valence-corrected chi connectivity index (χ1v) is 9.10. The van der Waals surface area contributed by atoms with Crippen LogP contribution in [-0.2, 0) is 6.54 Å². The lowest BCUT2D eigenvalue weighted by Gasteiger charge is -2.47. The zero-order valence-electron chi connectivity index (χ0n) is 14.4. The number of hydrogen-bond donors (Lipinski definition) is 1. The average molecular weight is 344 g/mol. The Morgan fingerprint density at radius 1 is 1.16 bits per heavy atom. The molecule has 2 aromatic rings. The number of halogens is 1. The van der Waals surface area contributed by atoms with E-state index >= 15 is 0 Å². The van der Waals surface area contributed by atoms with E-state index in [-0.39, 0.29) is 18.3 Å². The van der Waals surface area contributed by atoms with Crippen molar-refractivity contribution in [1.29, 1.82) is 0 Å². The third-order valence-electron chi connectivity index (χ3n) is 5.47. The van der Waals surface area contributed by atoms with Crippen LogP contribution in [0.25, 0.3) is 0 Å². The Kier molecular flexibility index (Phi) is 4.77. The molecule has 0 bridgehead atoms. The topological polar surface area (TPSA) is 37.6 Å². The van der Waals surface area contributed by atoms with Crippen molar-refractivity contribution < 1.29 is 13.5 Å². The predicted octanol–water partition coefficient (Wildman–Crippen LogP) is 3.70. The molecule has 0 aliphatic carbocycles. The molecule has 1 aromatic carbocycles. The number of hydrogen-bond acceptors (Lipinski definition) is 4. The summed E-state index contributed by atoms with van der Waals surface area (Å²) in [4.78, 5) is 2.19. The monoisotopic (exact) mass is 344 g/mol. The molecule has 0 amide bonds. The highest BCUT2D eigenvalue weighted by Crippen LogP contribution is 2.44. The van der Waals surface area contributed by atoms with Gasteiger partial charge in [0.1, 0.15) is 23.8 Å². The molecule has 134 valence electrons. The fourth-order valence-electron chi connectivity index (χ4n) is 4.05. The van der Waals surface area contributed by atoms with Crippen LogP contribution < -0.4 is 10.1 Å². The minimum Gasteiger partial charge on any atom is -0.487 e. The van der Waals surface area contributed by atoms with Crippen molar-refractivity contribution in [1.82, 2.24) is 10.2 Å². The highest BCUT2D eigenvalue weighted by Gasteiger charge is 2.43. The van der Waals surface area contributed by atoms with E-state index in [4.69, 9.17) is 9.15 Å². The fourth-order valence-corrected chi connectivity index (χ4v) is 4.05. The molecule has 2 aliphatic rings. The molecule has 2 aliphatic heterocycles. The summed E-state index contributed by atoms with van der Waals surface area (Å²) in [6.45, 7) is 2.76. The van der Waals surface area contributed by atoms with Crippen LogP contribution in [0.4, 0.5) is 4.39 Å². The molecule has 1 N–H and O–H groups in total. The zero-order chi connectivity index (χ0) is 17.1. The van der Waals surface area contributed by atoms with E-state index in [2.05, 4.69) is 28.4 Å². The Labute approximate surface area is 148 Å². The van der Waals surface area contributed by atoms with Crippen molar-refractivity contribution >= 4 is 0 Å². The molecule has 4 rings (SSSR count). The lowest BCUT2D eigenvalue weighted by Crippen LogP contribution is -2.52. The van der Waals surface area contributed by atoms with Crippen LogP contribution in [0.2, 0.25) is 0 Å². The van der Waals surface area contributed by atoms with Crippen molar-refractivity contribution in [3.8, 4) is 5.75 Å². The number of likely N-dealkylation sites (tertiary alicyclic amines) is 1. The Morgan fingerprint density at radius 2 is 2.00 bits per heavy atom. The number of fused-ring (bicyclic) bond motifs is 1. The molecule has 1 saturated heterocycles. The predicted molar refractivity (Wildman–Crippen MR) is 94.4 cm³/mol. The summed E-state index contributed by atoms with van der Waals surface area (Å²) in [5, 5.41) is 3.64. The van der Waals surface area contributed by atoms with E-state index in [9.17, 15) is 4.39 Å². The van der Waals surface area contributed by atoms with Gasteiger partial charge in [-0.1, -0.05) is 18.2 Å². The highest BCUT2D eigenvalue weighted by atomic mass is 19.1. The fraction of sp³-hybridized carbons (Fsp3) is 0.500. The van der Waals surface area contributed by atoms with Gasteiger partial charge in [0.25, 0.3) is 0 Å². The molecule has 0 radical (unpaired) electrons. The molecule has 25 heavy (non-hydrogen) atoms. The standard InChI is InChI=1S/C20H25FN2O2/c21-9-12-23-10-7-20(8-11-23)14-18(22-15-16-4-3-13-24-16)17-5-1-2-6-19(17)25-20/h1-6,13,18,22H,7-12,14-15H2. The third-order valence-corrected chi connectivity index (χ3v) is 5.47. The maximum atomic E-state index is 12.6. The summed E-state index contributed by atoms with van der Waals surface area (Å²) in [6, 6.07) is 12.4. The van der Waals surface area contributed by atoms with Gasteiger partial charge < -0.3 is 19.4 Å². The van der Waals surface area contributed by atoms with Gasteiger partial charge in [-0.2, -0.15) is 0 Å². The van der Waals surface area contributed by atoms with Gasteiger partial charge in [0, 0.05) is 37.7 Å². The minimum absolute atomic E-state index is 0.151. The number of piperidine rings is 1. The van der Waals surface area contributed by atoms with Crippen LogP contribution in [0.1, 0.15) is 36.6 Å². The number of nitrogens with one attached hydrogen (secondary N) is 1. The summed E-state index contributed by atoms with van der Waals surface area (Å²) in [7, 11) is 0. The normalized spacial score (nSPS) is 22.5. The maximum Gasteiger partial charge on any atom is 0.124 e. The third kappa shape index (κ3) is 3.58. The van der Waals surface area contributed by atoms with Crippen molar-refractivity contribution in [3.05, 3.63) is 54.0 Å². The summed E-state index contributed by atoms with van der Waals surface area (Å²) in [5.41, 5.74) is 1.06. The summed E-state index contributed by atoms with van der Waals surface area (Å²) >= 11 is 0. The van der Waals surface area contributed by atoms with Gasteiger partial charge in [0.15, 0.2) is 0 Å². The SMILES string of the molecule is FCCN1CCC2(CC1)CC(NCc1ccco1)c1ccccc1O2. The number of para-hydroxylation sites is 1. The summed E-state index contributed by atoms with van der Waals surface area (Å²) in [6.07, 6.45) is 4.53. The minimum atomic E-state index is -0.274. The van der Waals surface area contributed by atoms with Crippen LogP contribution in [0.3, 0.4) is 0 Å².